The Balaban J connectivity index is 1.58. The highest BCUT2D eigenvalue weighted by Gasteiger charge is 2.32. The monoisotopic (exact) mass is 319 g/mol. The summed E-state index contributed by atoms with van der Waals surface area (Å²) >= 11 is 1.68. The SMILES string of the molecule is OC1CCCCC1Sc1nnc(C2CC2)n1Cc1ccco1. The summed E-state index contributed by atoms with van der Waals surface area (Å²) in [5.41, 5.74) is 0. The van der Waals surface area contributed by atoms with Crippen molar-refractivity contribution in [2.24, 2.45) is 0 Å². The van der Waals surface area contributed by atoms with Crippen molar-refractivity contribution in [2.75, 3.05) is 0 Å². The number of hydrogen-bond donors (Lipinski definition) is 1. The molecule has 0 saturated heterocycles. The van der Waals surface area contributed by atoms with E-state index in [1.54, 1.807) is 18.0 Å². The van der Waals surface area contributed by atoms with Crippen molar-refractivity contribution in [1.29, 1.82) is 0 Å². The van der Waals surface area contributed by atoms with Crippen LogP contribution in [0, 0.1) is 0 Å². The average Bonchev–Trinajstić information content (AvgIpc) is 3.09. The molecule has 2 aromatic heterocycles. The van der Waals surface area contributed by atoms with Gasteiger partial charge in [0.25, 0.3) is 0 Å². The zero-order chi connectivity index (χ0) is 14.9. The highest BCUT2D eigenvalue weighted by molar-refractivity contribution is 7.99. The zero-order valence-electron chi connectivity index (χ0n) is 12.5. The second-order valence-corrected chi connectivity index (χ2v) is 7.50. The second-order valence-electron chi connectivity index (χ2n) is 6.29. The van der Waals surface area contributed by atoms with Gasteiger partial charge in [-0.15, -0.1) is 10.2 Å². The molecule has 0 amide bonds. The summed E-state index contributed by atoms with van der Waals surface area (Å²) in [6, 6.07) is 3.90. The molecule has 2 heterocycles. The van der Waals surface area contributed by atoms with Crippen LogP contribution in [0.4, 0.5) is 0 Å². The molecule has 2 fully saturated rings. The molecule has 0 aromatic carbocycles. The topological polar surface area (TPSA) is 64.1 Å². The Morgan fingerprint density at radius 2 is 2.09 bits per heavy atom. The third kappa shape index (κ3) is 2.94. The van der Waals surface area contributed by atoms with Crippen molar-refractivity contribution in [1.82, 2.24) is 14.8 Å². The van der Waals surface area contributed by atoms with Crippen LogP contribution in [-0.2, 0) is 6.54 Å². The van der Waals surface area contributed by atoms with Gasteiger partial charge in [-0.2, -0.15) is 0 Å². The van der Waals surface area contributed by atoms with Crippen LogP contribution in [0.25, 0.3) is 0 Å². The first-order valence-corrected chi connectivity index (χ1v) is 8.99. The van der Waals surface area contributed by atoms with Gasteiger partial charge in [0.15, 0.2) is 5.16 Å². The van der Waals surface area contributed by atoms with Gasteiger partial charge in [0.2, 0.25) is 0 Å². The second kappa shape index (κ2) is 6.08. The first-order valence-electron chi connectivity index (χ1n) is 8.11. The lowest BCUT2D eigenvalue weighted by Crippen LogP contribution is -2.27. The summed E-state index contributed by atoms with van der Waals surface area (Å²) in [7, 11) is 0. The summed E-state index contributed by atoms with van der Waals surface area (Å²) < 4.78 is 7.68. The van der Waals surface area contributed by atoms with Crippen molar-refractivity contribution in [3.05, 3.63) is 30.0 Å². The van der Waals surface area contributed by atoms with Gasteiger partial charge >= 0.3 is 0 Å². The van der Waals surface area contributed by atoms with Crippen molar-refractivity contribution in [2.45, 2.75) is 67.5 Å². The standard InChI is InChI=1S/C16H21N3O2S/c20-13-5-1-2-6-14(13)22-16-18-17-15(11-7-8-11)19(16)10-12-4-3-9-21-12/h3-4,9,11,13-14,20H,1-2,5-8,10H2. The van der Waals surface area contributed by atoms with E-state index in [1.165, 1.54) is 19.3 Å². The Morgan fingerprint density at radius 3 is 2.82 bits per heavy atom. The van der Waals surface area contributed by atoms with E-state index < -0.39 is 0 Å². The van der Waals surface area contributed by atoms with Gasteiger partial charge in [-0.05, 0) is 37.8 Å². The molecule has 2 aliphatic rings. The molecule has 2 aliphatic carbocycles. The first kappa shape index (κ1) is 14.3. The average molecular weight is 319 g/mol. The van der Waals surface area contributed by atoms with E-state index in [2.05, 4.69) is 14.8 Å². The van der Waals surface area contributed by atoms with E-state index in [1.807, 2.05) is 12.1 Å². The lowest BCUT2D eigenvalue weighted by molar-refractivity contribution is 0.137. The van der Waals surface area contributed by atoms with Crippen LogP contribution in [0.15, 0.2) is 28.0 Å². The van der Waals surface area contributed by atoms with Crippen molar-refractivity contribution >= 4 is 11.8 Å². The van der Waals surface area contributed by atoms with Gasteiger partial charge in [0.1, 0.15) is 11.6 Å². The molecule has 0 bridgehead atoms. The number of aromatic nitrogens is 3. The summed E-state index contributed by atoms with van der Waals surface area (Å²) in [6.45, 7) is 0.678. The van der Waals surface area contributed by atoms with Gasteiger partial charge in [0.05, 0.1) is 18.9 Å². The van der Waals surface area contributed by atoms with Gasteiger partial charge in [0, 0.05) is 11.2 Å². The first-order chi connectivity index (χ1) is 10.8. The van der Waals surface area contributed by atoms with E-state index in [-0.39, 0.29) is 11.4 Å². The molecule has 0 spiro atoms. The molecule has 0 aliphatic heterocycles. The van der Waals surface area contributed by atoms with Crippen LogP contribution in [0.1, 0.15) is 56.0 Å². The summed E-state index contributed by atoms with van der Waals surface area (Å²) in [5, 5.41) is 20.2. The van der Waals surface area contributed by atoms with Gasteiger partial charge < -0.3 is 9.52 Å². The van der Waals surface area contributed by atoms with Crippen LogP contribution in [0.5, 0.6) is 0 Å². The van der Waals surface area contributed by atoms with E-state index in [9.17, 15) is 5.11 Å². The van der Waals surface area contributed by atoms with Crippen LogP contribution < -0.4 is 0 Å². The minimum atomic E-state index is -0.225. The van der Waals surface area contributed by atoms with E-state index in [0.717, 1.165) is 36.0 Å². The van der Waals surface area contributed by atoms with Crippen LogP contribution in [0.2, 0.25) is 0 Å². The Bertz CT molecular complexity index is 621. The maximum atomic E-state index is 10.2. The molecular formula is C16H21N3O2S. The highest BCUT2D eigenvalue weighted by atomic mass is 32.2. The van der Waals surface area contributed by atoms with Gasteiger partial charge in [-0.25, -0.2) is 0 Å². The predicted octanol–water partition coefficient (Wildman–Crippen LogP) is 3.19. The highest BCUT2D eigenvalue weighted by Crippen LogP contribution is 2.41. The maximum Gasteiger partial charge on any atom is 0.192 e. The number of aliphatic hydroxyl groups is 1. The maximum absolute atomic E-state index is 10.2. The number of aliphatic hydroxyl groups excluding tert-OH is 1. The number of rotatable bonds is 5. The third-order valence-corrected chi connectivity index (χ3v) is 5.87. The van der Waals surface area contributed by atoms with Crippen LogP contribution in [-0.4, -0.2) is 31.2 Å². The number of hydrogen-bond acceptors (Lipinski definition) is 5. The molecule has 2 atom stereocenters. The third-order valence-electron chi connectivity index (χ3n) is 4.51. The molecule has 22 heavy (non-hydrogen) atoms. The van der Waals surface area contributed by atoms with Crippen molar-refractivity contribution in [3.8, 4) is 0 Å². The minimum Gasteiger partial charge on any atom is -0.467 e. The van der Waals surface area contributed by atoms with Crippen LogP contribution in [0.3, 0.4) is 0 Å². The molecule has 2 aromatic rings. The Hall–Kier alpha value is -1.27. The Kier molecular flexibility index (Phi) is 3.96. The van der Waals surface area contributed by atoms with Crippen molar-refractivity contribution in [3.63, 3.8) is 0 Å². The molecule has 5 nitrogen and oxygen atoms in total. The number of nitrogens with zero attached hydrogens (tertiary/aromatic N) is 3. The summed E-state index contributed by atoms with van der Waals surface area (Å²) in [6.07, 6.45) is 8.16. The summed E-state index contributed by atoms with van der Waals surface area (Å²) in [5.74, 6) is 2.55. The van der Waals surface area contributed by atoms with E-state index >= 15 is 0 Å². The lowest BCUT2D eigenvalue weighted by atomic mass is 9.97. The van der Waals surface area contributed by atoms with Crippen molar-refractivity contribution < 1.29 is 9.52 Å². The predicted molar refractivity (Wildman–Crippen MR) is 83.9 cm³/mol. The van der Waals surface area contributed by atoms with E-state index in [4.69, 9.17) is 4.42 Å². The summed E-state index contributed by atoms with van der Waals surface area (Å²) in [4.78, 5) is 0. The molecule has 2 saturated carbocycles. The molecule has 0 radical (unpaired) electrons. The largest absolute Gasteiger partial charge is 0.467 e. The fourth-order valence-corrected chi connectivity index (χ4v) is 4.31. The minimum absolute atomic E-state index is 0.225. The Labute approximate surface area is 134 Å². The van der Waals surface area contributed by atoms with Crippen LogP contribution >= 0.6 is 11.8 Å². The Morgan fingerprint density at radius 1 is 1.23 bits per heavy atom. The number of thioether (sulfide) groups is 1. The lowest BCUT2D eigenvalue weighted by Gasteiger charge is -2.26. The quantitative estimate of drug-likeness (QED) is 0.917. The van der Waals surface area contributed by atoms with Gasteiger partial charge in [-0.3, -0.25) is 4.57 Å². The molecular weight excluding hydrogens is 298 g/mol. The molecule has 6 heteroatoms. The van der Waals surface area contributed by atoms with E-state index in [0.29, 0.717) is 12.5 Å². The smallest absolute Gasteiger partial charge is 0.192 e. The fraction of sp³-hybridized carbons (Fsp3) is 0.625. The zero-order valence-corrected chi connectivity index (χ0v) is 13.3. The number of furan rings is 1. The molecule has 1 N–H and O–H groups in total. The normalized spacial score (nSPS) is 25.5. The molecule has 4 rings (SSSR count). The van der Waals surface area contributed by atoms with Gasteiger partial charge in [-0.1, -0.05) is 24.6 Å². The fourth-order valence-electron chi connectivity index (χ4n) is 3.09. The molecule has 118 valence electrons. The molecule has 2 unspecified atom stereocenters.